The highest BCUT2D eigenvalue weighted by molar-refractivity contribution is 7.98. The van der Waals surface area contributed by atoms with Crippen molar-refractivity contribution in [2.45, 2.75) is 19.0 Å². The first-order valence-corrected chi connectivity index (χ1v) is 8.93. The van der Waals surface area contributed by atoms with E-state index in [1.54, 1.807) is 11.8 Å². The van der Waals surface area contributed by atoms with Crippen molar-refractivity contribution in [2.75, 3.05) is 12.0 Å². The van der Waals surface area contributed by atoms with Crippen molar-refractivity contribution >= 4 is 17.7 Å². The van der Waals surface area contributed by atoms with E-state index in [1.807, 2.05) is 60.9 Å². The van der Waals surface area contributed by atoms with Gasteiger partial charge in [0.1, 0.15) is 11.5 Å². The maximum atomic E-state index is 12.0. The van der Waals surface area contributed by atoms with Crippen LogP contribution < -0.4 is 15.8 Å². The quantitative estimate of drug-likeness (QED) is 0.780. The molecule has 0 heterocycles. The molecule has 5 heteroatoms. The van der Waals surface area contributed by atoms with Crippen molar-refractivity contribution < 1.29 is 9.53 Å². The Morgan fingerprint density at radius 2 is 1.87 bits per heavy atom. The van der Waals surface area contributed by atoms with Crippen LogP contribution in [0, 0.1) is 0 Å². The molecule has 0 aliphatic rings. The van der Waals surface area contributed by atoms with Gasteiger partial charge in [-0.1, -0.05) is 36.4 Å². The first-order valence-electron chi connectivity index (χ1n) is 7.53. The zero-order valence-electron chi connectivity index (χ0n) is 13.2. The van der Waals surface area contributed by atoms with Gasteiger partial charge in [0.25, 0.3) is 0 Å². The summed E-state index contributed by atoms with van der Waals surface area (Å²) in [5.74, 6) is 2.25. The Labute approximate surface area is 141 Å². The van der Waals surface area contributed by atoms with Crippen LogP contribution in [0.2, 0.25) is 0 Å². The van der Waals surface area contributed by atoms with Crippen molar-refractivity contribution in [1.29, 1.82) is 0 Å². The molecule has 1 atom stereocenters. The molecule has 122 valence electrons. The number of amides is 1. The monoisotopic (exact) mass is 330 g/mol. The minimum atomic E-state index is -0.468. The fourth-order valence-electron chi connectivity index (χ4n) is 2.05. The summed E-state index contributed by atoms with van der Waals surface area (Å²) in [5, 5.41) is 2.88. The molecule has 2 aromatic rings. The maximum absolute atomic E-state index is 12.0. The summed E-state index contributed by atoms with van der Waals surface area (Å²) >= 11 is 1.69. The third kappa shape index (κ3) is 5.62. The molecule has 2 aromatic carbocycles. The van der Waals surface area contributed by atoms with E-state index in [9.17, 15) is 4.79 Å². The number of para-hydroxylation sites is 2. The Morgan fingerprint density at radius 1 is 1.17 bits per heavy atom. The van der Waals surface area contributed by atoms with Gasteiger partial charge in [0.2, 0.25) is 5.91 Å². The SMILES string of the molecule is CSCC[C@H](N)C(=O)NCc1ccccc1Oc1ccccc1. The van der Waals surface area contributed by atoms with Gasteiger partial charge < -0.3 is 15.8 Å². The average molecular weight is 330 g/mol. The van der Waals surface area contributed by atoms with Crippen molar-refractivity contribution in [3.05, 3.63) is 60.2 Å². The average Bonchev–Trinajstić information content (AvgIpc) is 2.59. The molecule has 23 heavy (non-hydrogen) atoms. The van der Waals surface area contributed by atoms with Gasteiger partial charge >= 0.3 is 0 Å². The van der Waals surface area contributed by atoms with E-state index in [-0.39, 0.29) is 5.91 Å². The number of ether oxygens (including phenoxy) is 1. The summed E-state index contributed by atoms with van der Waals surface area (Å²) in [7, 11) is 0. The second kappa shape index (κ2) is 9.22. The fourth-order valence-corrected chi connectivity index (χ4v) is 2.54. The highest BCUT2D eigenvalue weighted by atomic mass is 32.2. The minimum Gasteiger partial charge on any atom is -0.457 e. The Morgan fingerprint density at radius 3 is 2.61 bits per heavy atom. The summed E-state index contributed by atoms with van der Waals surface area (Å²) in [6, 6.07) is 16.8. The van der Waals surface area contributed by atoms with Crippen molar-refractivity contribution in [3.63, 3.8) is 0 Å². The van der Waals surface area contributed by atoms with Crippen LogP contribution in [0.4, 0.5) is 0 Å². The van der Waals surface area contributed by atoms with Gasteiger partial charge in [-0.2, -0.15) is 11.8 Å². The summed E-state index contributed by atoms with van der Waals surface area (Å²) in [6.45, 7) is 0.398. The van der Waals surface area contributed by atoms with Gasteiger partial charge in [0.15, 0.2) is 0 Å². The van der Waals surface area contributed by atoms with Crippen LogP contribution in [0.1, 0.15) is 12.0 Å². The van der Waals surface area contributed by atoms with Gasteiger partial charge in [-0.3, -0.25) is 4.79 Å². The van der Waals surface area contributed by atoms with E-state index in [1.165, 1.54) is 0 Å². The molecule has 0 fully saturated rings. The van der Waals surface area contributed by atoms with E-state index < -0.39 is 6.04 Å². The largest absolute Gasteiger partial charge is 0.457 e. The van der Waals surface area contributed by atoms with E-state index in [2.05, 4.69) is 5.32 Å². The van der Waals surface area contributed by atoms with Crippen LogP contribution in [0.3, 0.4) is 0 Å². The maximum Gasteiger partial charge on any atom is 0.237 e. The van der Waals surface area contributed by atoms with Crippen molar-refractivity contribution in [3.8, 4) is 11.5 Å². The number of carbonyl (C=O) groups is 1. The van der Waals surface area contributed by atoms with Crippen LogP contribution in [0.5, 0.6) is 11.5 Å². The number of rotatable bonds is 8. The molecule has 0 aromatic heterocycles. The van der Waals surface area contributed by atoms with Crippen LogP contribution in [0.15, 0.2) is 54.6 Å². The van der Waals surface area contributed by atoms with Gasteiger partial charge in [0, 0.05) is 12.1 Å². The second-order valence-corrected chi connectivity index (χ2v) is 6.11. The lowest BCUT2D eigenvalue weighted by atomic mass is 10.2. The molecule has 0 radical (unpaired) electrons. The van der Waals surface area contributed by atoms with E-state index in [0.717, 1.165) is 22.8 Å². The van der Waals surface area contributed by atoms with Crippen LogP contribution in [-0.2, 0) is 11.3 Å². The molecule has 2 rings (SSSR count). The third-order valence-corrected chi connectivity index (χ3v) is 4.01. The lowest BCUT2D eigenvalue weighted by Crippen LogP contribution is -2.40. The number of nitrogens with two attached hydrogens (primary N) is 1. The van der Waals surface area contributed by atoms with Crippen molar-refractivity contribution in [1.82, 2.24) is 5.32 Å². The molecule has 0 aliphatic heterocycles. The molecular weight excluding hydrogens is 308 g/mol. The van der Waals surface area contributed by atoms with Crippen molar-refractivity contribution in [2.24, 2.45) is 5.73 Å². The molecule has 0 aliphatic carbocycles. The molecular formula is C18H22N2O2S. The van der Waals surface area contributed by atoms with E-state index >= 15 is 0 Å². The predicted octanol–water partition coefficient (Wildman–Crippen LogP) is 3.18. The highest BCUT2D eigenvalue weighted by Crippen LogP contribution is 2.24. The van der Waals surface area contributed by atoms with E-state index in [0.29, 0.717) is 13.0 Å². The molecule has 0 saturated heterocycles. The van der Waals surface area contributed by atoms with E-state index in [4.69, 9.17) is 10.5 Å². The normalized spacial score (nSPS) is 11.7. The molecule has 0 spiro atoms. The van der Waals surface area contributed by atoms with Gasteiger partial charge in [-0.15, -0.1) is 0 Å². The molecule has 4 nitrogen and oxygen atoms in total. The number of nitrogens with one attached hydrogen (secondary N) is 1. The molecule has 1 amide bonds. The van der Waals surface area contributed by atoms with Gasteiger partial charge in [-0.25, -0.2) is 0 Å². The third-order valence-electron chi connectivity index (χ3n) is 3.37. The Balaban J connectivity index is 1.96. The first kappa shape index (κ1) is 17.4. The lowest BCUT2D eigenvalue weighted by molar-refractivity contribution is -0.122. The Bertz CT molecular complexity index is 619. The Hall–Kier alpha value is -1.98. The number of carbonyl (C=O) groups excluding carboxylic acids is 1. The molecule has 0 bridgehead atoms. The molecule has 0 unspecified atom stereocenters. The highest BCUT2D eigenvalue weighted by Gasteiger charge is 2.13. The number of hydrogen-bond acceptors (Lipinski definition) is 4. The summed E-state index contributed by atoms with van der Waals surface area (Å²) in [4.78, 5) is 12.0. The zero-order chi connectivity index (χ0) is 16.5. The van der Waals surface area contributed by atoms with Gasteiger partial charge in [0.05, 0.1) is 6.04 Å². The number of thioether (sulfide) groups is 1. The molecule has 0 saturated carbocycles. The Kier molecular flexibility index (Phi) is 6.97. The zero-order valence-corrected chi connectivity index (χ0v) is 14.0. The lowest BCUT2D eigenvalue weighted by Gasteiger charge is -2.14. The predicted molar refractivity (Wildman–Crippen MR) is 95.8 cm³/mol. The molecule has 3 N–H and O–H groups in total. The summed E-state index contributed by atoms with van der Waals surface area (Å²) < 4.78 is 5.88. The number of benzene rings is 2. The van der Waals surface area contributed by atoms with Crippen LogP contribution in [-0.4, -0.2) is 24.0 Å². The summed E-state index contributed by atoms with van der Waals surface area (Å²) in [6.07, 6.45) is 2.68. The summed E-state index contributed by atoms with van der Waals surface area (Å²) in [5.41, 5.74) is 6.79. The minimum absolute atomic E-state index is 0.131. The fraction of sp³-hybridized carbons (Fsp3) is 0.278. The number of hydrogen-bond donors (Lipinski definition) is 2. The standard InChI is InChI=1S/C18H22N2O2S/c1-23-12-11-16(19)18(21)20-13-14-7-5-6-10-17(14)22-15-8-3-2-4-9-15/h2-10,16H,11-13,19H2,1H3,(H,20,21)/t16-/m0/s1. The van der Waals surface area contributed by atoms with Gasteiger partial charge in [-0.05, 0) is 36.6 Å². The van der Waals surface area contributed by atoms with Crippen LogP contribution in [0.25, 0.3) is 0 Å². The second-order valence-electron chi connectivity index (χ2n) is 5.13. The smallest absolute Gasteiger partial charge is 0.237 e. The van der Waals surface area contributed by atoms with Crippen LogP contribution >= 0.6 is 11.8 Å². The first-order chi connectivity index (χ1) is 11.2. The topological polar surface area (TPSA) is 64.4 Å².